The summed E-state index contributed by atoms with van der Waals surface area (Å²) in [7, 11) is 0. The molecule has 0 bridgehead atoms. The smallest absolute Gasteiger partial charge is 0.0701 e. The van der Waals surface area contributed by atoms with Crippen molar-refractivity contribution < 1.29 is 29.2 Å². The average molecular weight is 324 g/mol. The maximum absolute atomic E-state index is 8.09. The second kappa shape index (κ2) is 25.7. The third-order valence-electron chi connectivity index (χ3n) is 2.50. The number of hydrogen-bond acceptors (Lipinski definition) is 6. The van der Waals surface area contributed by atoms with Gasteiger partial charge in [-0.1, -0.05) is 26.7 Å². The van der Waals surface area contributed by atoms with Crippen LogP contribution in [0.15, 0.2) is 0 Å². The maximum atomic E-state index is 8.09. The Labute approximate surface area is 135 Å². The van der Waals surface area contributed by atoms with Crippen LogP contribution in [0.5, 0.6) is 0 Å². The Morgan fingerprint density at radius 1 is 0.500 bits per heavy atom. The van der Waals surface area contributed by atoms with Crippen molar-refractivity contribution in [2.75, 3.05) is 66.1 Å². The minimum absolute atomic E-state index is 0.0278. The molecule has 0 saturated carbocycles. The van der Waals surface area contributed by atoms with E-state index in [1.807, 2.05) is 0 Å². The molecule has 0 aliphatic rings. The molecule has 0 atom stereocenters. The van der Waals surface area contributed by atoms with Gasteiger partial charge in [-0.05, 0) is 12.8 Å². The Balaban J connectivity index is 0. The molecule has 0 aliphatic heterocycles. The highest BCUT2D eigenvalue weighted by atomic mass is 16.5. The molecule has 0 amide bonds. The number of unbranched alkanes of at least 4 members (excludes halogenated alkanes) is 2. The zero-order valence-corrected chi connectivity index (χ0v) is 14.4. The molecular weight excluding hydrogens is 288 g/mol. The summed E-state index contributed by atoms with van der Waals surface area (Å²) in [6.07, 6.45) is 4.65. The van der Waals surface area contributed by atoms with Crippen molar-refractivity contribution in [2.45, 2.75) is 39.5 Å². The van der Waals surface area contributed by atoms with E-state index in [2.05, 4.69) is 18.6 Å². The highest BCUT2D eigenvalue weighted by molar-refractivity contribution is 4.36. The Morgan fingerprint density at radius 2 is 0.818 bits per heavy atom. The number of rotatable bonds is 16. The lowest BCUT2D eigenvalue weighted by Crippen LogP contribution is -2.10. The first-order valence-electron chi connectivity index (χ1n) is 8.36. The summed E-state index contributed by atoms with van der Waals surface area (Å²) in [6.45, 7) is 9.49. The van der Waals surface area contributed by atoms with Gasteiger partial charge in [0.15, 0.2) is 0 Å². The van der Waals surface area contributed by atoms with Gasteiger partial charge in [0.05, 0.1) is 52.9 Å². The summed E-state index contributed by atoms with van der Waals surface area (Å²) in [6, 6.07) is 0. The van der Waals surface area contributed by atoms with E-state index >= 15 is 0 Å². The fraction of sp³-hybridized carbons (Fsp3) is 1.00. The first-order chi connectivity index (χ1) is 10.8. The summed E-state index contributed by atoms with van der Waals surface area (Å²) in [5, 5.41) is 16.2. The number of ether oxygens (including phenoxy) is 4. The van der Waals surface area contributed by atoms with Crippen LogP contribution in [0.1, 0.15) is 39.5 Å². The lowest BCUT2D eigenvalue weighted by molar-refractivity contribution is 0.0136. The molecule has 22 heavy (non-hydrogen) atoms. The van der Waals surface area contributed by atoms with E-state index in [4.69, 9.17) is 24.4 Å². The van der Waals surface area contributed by atoms with Gasteiger partial charge < -0.3 is 29.2 Å². The quantitative estimate of drug-likeness (QED) is 0.420. The lowest BCUT2D eigenvalue weighted by atomic mass is 10.4. The van der Waals surface area contributed by atoms with Crippen molar-refractivity contribution in [1.82, 2.24) is 0 Å². The number of hydrogen-bond donors (Lipinski definition) is 2. The topological polar surface area (TPSA) is 77.4 Å². The van der Waals surface area contributed by atoms with Crippen molar-refractivity contribution >= 4 is 0 Å². The van der Waals surface area contributed by atoms with E-state index in [9.17, 15) is 0 Å². The minimum Gasteiger partial charge on any atom is -0.394 e. The molecule has 0 spiro atoms. The van der Waals surface area contributed by atoms with E-state index in [0.29, 0.717) is 39.6 Å². The van der Waals surface area contributed by atoms with Crippen molar-refractivity contribution in [3.8, 4) is 0 Å². The van der Waals surface area contributed by atoms with Crippen LogP contribution in [0.25, 0.3) is 0 Å². The zero-order valence-electron chi connectivity index (χ0n) is 14.4. The van der Waals surface area contributed by atoms with Crippen LogP contribution in [0.4, 0.5) is 0 Å². The first kappa shape index (κ1) is 24.0. The van der Waals surface area contributed by atoms with Gasteiger partial charge in [-0.15, -0.1) is 0 Å². The standard InChI is InChI=1S/C12H26O3.C4H10O3/c1-3-5-7-13-9-11-15-12-10-14-8-6-4-2;5-1-3-7-4-2-6/h3-12H2,1-2H3;5-6H,1-4H2. The fourth-order valence-corrected chi connectivity index (χ4v) is 1.27. The van der Waals surface area contributed by atoms with Gasteiger partial charge in [0.25, 0.3) is 0 Å². The molecule has 0 unspecified atom stereocenters. The molecule has 0 rings (SSSR count). The van der Waals surface area contributed by atoms with Gasteiger partial charge in [0.2, 0.25) is 0 Å². The van der Waals surface area contributed by atoms with Gasteiger partial charge in [0.1, 0.15) is 0 Å². The summed E-state index contributed by atoms with van der Waals surface area (Å²) < 4.78 is 20.7. The average Bonchev–Trinajstić information content (AvgIpc) is 2.54. The second-order valence-electron chi connectivity index (χ2n) is 4.60. The van der Waals surface area contributed by atoms with Crippen molar-refractivity contribution in [3.05, 3.63) is 0 Å². The molecule has 6 nitrogen and oxygen atoms in total. The molecule has 6 heteroatoms. The Bertz CT molecular complexity index is 153. The summed E-state index contributed by atoms with van der Waals surface area (Å²) >= 11 is 0. The first-order valence-corrected chi connectivity index (χ1v) is 8.36. The third kappa shape index (κ3) is 28.0. The van der Waals surface area contributed by atoms with Gasteiger partial charge in [-0.25, -0.2) is 0 Å². The Morgan fingerprint density at radius 3 is 1.14 bits per heavy atom. The molecule has 0 heterocycles. The van der Waals surface area contributed by atoms with Crippen molar-refractivity contribution in [1.29, 1.82) is 0 Å². The van der Waals surface area contributed by atoms with E-state index in [-0.39, 0.29) is 13.2 Å². The van der Waals surface area contributed by atoms with Crippen molar-refractivity contribution in [2.24, 2.45) is 0 Å². The minimum atomic E-state index is 0.0278. The van der Waals surface area contributed by atoms with Crippen molar-refractivity contribution in [3.63, 3.8) is 0 Å². The largest absolute Gasteiger partial charge is 0.394 e. The summed E-state index contributed by atoms with van der Waals surface area (Å²) in [5.74, 6) is 0. The number of aliphatic hydroxyl groups is 2. The van der Waals surface area contributed by atoms with Crippen LogP contribution in [-0.4, -0.2) is 76.3 Å². The molecule has 0 aromatic rings. The normalized spacial score (nSPS) is 10.4. The van der Waals surface area contributed by atoms with Gasteiger partial charge in [-0.3, -0.25) is 0 Å². The molecule has 0 radical (unpaired) electrons. The van der Waals surface area contributed by atoms with E-state index in [1.54, 1.807) is 0 Å². The Kier molecular flexibility index (Phi) is 28.1. The molecule has 0 aliphatic carbocycles. The third-order valence-corrected chi connectivity index (χ3v) is 2.50. The lowest BCUT2D eigenvalue weighted by Gasteiger charge is -2.06. The maximum Gasteiger partial charge on any atom is 0.0701 e. The zero-order chi connectivity index (χ0) is 16.7. The monoisotopic (exact) mass is 324 g/mol. The van der Waals surface area contributed by atoms with E-state index < -0.39 is 0 Å². The Hall–Kier alpha value is -0.240. The van der Waals surface area contributed by atoms with Crippen LogP contribution >= 0.6 is 0 Å². The second-order valence-corrected chi connectivity index (χ2v) is 4.60. The highest BCUT2D eigenvalue weighted by Crippen LogP contribution is 1.89. The van der Waals surface area contributed by atoms with E-state index in [1.165, 1.54) is 12.8 Å². The molecule has 2 N–H and O–H groups in total. The predicted molar refractivity (Wildman–Crippen MR) is 87.3 cm³/mol. The molecule has 0 saturated heterocycles. The van der Waals surface area contributed by atoms with Crippen LogP contribution < -0.4 is 0 Å². The molecule has 0 aromatic heterocycles. The predicted octanol–water partition coefficient (Wildman–Crippen LogP) is 1.62. The molecule has 0 aromatic carbocycles. The number of aliphatic hydroxyl groups excluding tert-OH is 2. The molecule has 136 valence electrons. The van der Waals surface area contributed by atoms with Crippen LogP contribution in [0.2, 0.25) is 0 Å². The van der Waals surface area contributed by atoms with Crippen LogP contribution in [-0.2, 0) is 18.9 Å². The van der Waals surface area contributed by atoms with Crippen LogP contribution in [0.3, 0.4) is 0 Å². The SMILES string of the molecule is CCCCOCCOCCOCCCC.OCCOCCO. The highest BCUT2D eigenvalue weighted by Gasteiger charge is 1.91. The summed E-state index contributed by atoms with van der Waals surface area (Å²) in [4.78, 5) is 0. The van der Waals surface area contributed by atoms with E-state index in [0.717, 1.165) is 26.1 Å². The molecule has 0 fully saturated rings. The van der Waals surface area contributed by atoms with Crippen LogP contribution in [0, 0.1) is 0 Å². The molecular formula is C16H36O6. The van der Waals surface area contributed by atoms with Gasteiger partial charge in [0, 0.05) is 13.2 Å². The van der Waals surface area contributed by atoms with Gasteiger partial charge >= 0.3 is 0 Å². The fourth-order valence-electron chi connectivity index (χ4n) is 1.27. The van der Waals surface area contributed by atoms with Gasteiger partial charge in [-0.2, -0.15) is 0 Å². The summed E-state index contributed by atoms with van der Waals surface area (Å²) in [5.41, 5.74) is 0.